The molecule has 0 aliphatic rings. The molecule has 0 saturated heterocycles. The van der Waals surface area contributed by atoms with Crippen LogP contribution in [-0.2, 0) is 0 Å². The Bertz CT molecular complexity index is 599. The van der Waals surface area contributed by atoms with Crippen LogP contribution in [0.15, 0.2) is 42.5 Å². The molecule has 4 N–H and O–H groups in total. The van der Waals surface area contributed by atoms with Crippen LogP contribution in [-0.4, -0.2) is 6.03 Å². The first-order valence-electron chi connectivity index (χ1n) is 5.43. The molecule has 0 aromatic heterocycles. The van der Waals surface area contributed by atoms with Crippen molar-refractivity contribution in [2.45, 2.75) is 0 Å². The number of nitrogen functional groups attached to an aromatic ring is 1. The van der Waals surface area contributed by atoms with Crippen LogP contribution in [0.25, 0.3) is 0 Å². The second kappa shape index (κ2) is 5.34. The molecule has 0 fully saturated rings. The lowest BCUT2D eigenvalue weighted by Gasteiger charge is -2.09. The molecule has 2 aromatic carbocycles. The van der Waals surface area contributed by atoms with E-state index in [0.717, 1.165) is 6.07 Å². The van der Waals surface area contributed by atoms with Gasteiger partial charge in [0, 0.05) is 11.4 Å². The van der Waals surface area contributed by atoms with Gasteiger partial charge in [-0.2, -0.15) is 0 Å². The molecule has 0 atom stereocenters. The van der Waals surface area contributed by atoms with Crippen LogP contribution in [0.3, 0.4) is 0 Å². The molecule has 98 valence electrons. The highest BCUT2D eigenvalue weighted by atomic mass is 19.1. The van der Waals surface area contributed by atoms with Crippen molar-refractivity contribution >= 4 is 23.1 Å². The fourth-order valence-corrected chi connectivity index (χ4v) is 1.46. The zero-order valence-electron chi connectivity index (χ0n) is 9.78. The summed E-state index contributed by atoms with van der Waals surface area (Å²) in [6, 6.07) is 8.40. The molecule has 2 amide bonds. The number of nitrogens with one attached hydrogen (secondary N) is 2. The van der Waals surface area contributed by atoms with Gasteiger partial charge in [0.1, 0.15) is 11.6 Å². The summed E-state index contributed by atoms with van der Waals surface area (Å²) in [6.07, 6.45) is 0. The number of anilines is 3. The molecule has 19 heavy (non-hydrogen) atoms. The molecule has 0 unspecified atom stereocenters. The van der Waals surface area contributed by atoms with Crippen molar-refractivity contribution in [2.24, 2.45) is 0 Å². The third-order valence-electron chi connectivity index (χ3n) is 2.34. The van der Waals surface area contributed by atoms with Crippen molar-refractivity contribution in [2.75, 3.05) is 16.4 Å². The van der Waals surface area contributed by atoms with E-state index in [1.807, 2.05) is 0 Å². The highest BCUT2D eigenvalue weighted by molar-refractivity contribution is 6.00. The monoisotopic (exact) mass is 263 g/mol. The molecule has 0 aliphatic heterocycles. The van der Waals surface area contributed by atoms with Crippen LogP contribution in [0.5, 0.6) is 0 Å². The van der Waals surface area contributed by atoms with E-state index < -0.39 is 17.7 Å². The van der Waals surface area contributed by atoms with Crippen molar-refractivity contribution in [1.82, 2.24) is 0 Å². The Kier molecular flexibility index (Phi) is 3.61. The van der Waals surface area contributed by atoms with E-state index in [-0.39, 0.29) is 5.69 Å². The second-order valence-corrected chi connectivity index (χ2v) is 3.83. The van der Waals surface area contributed by atoms with Gasteiger partial charge in [-0.3, -0.25) is 0 Å². The number of benzene rings is 2. The van der Waals surface area contributed by atoms with Crippen molar-refractivity contribution in [3.8, 4) is 0 Å². The zero-order valence-corrected chi connectivity index (χ0v) is 9.78. The Labute approximate surface area is 108 Å². The fraction of sp³-hybridized carbons (Fsp3) is 0. The van der Waals surface area contributed by atoms with E-state index in [2.05, 4.69) is 10.6 Å². The molecule has 0 saturated carbocycles. The minimum atomic E-state index is -0.642. The van der Waals surface area contributed by atoms with Gasteiger partial charge >= 0.3 is 6.03 Å². The van der Waals surface area contributed by atoms with Gasteiger partial charge in [0.2, 0.25) is 0 Å². The predicted molar refractivity (Wildman–Crippen MR) is 69.9 cm³/mol. The van der Waals surface area contributed by atoms with Crippen LogP contribution < -0.4 is 16.4 Å². The largest absolute Gasteiger partial charge is 0.399 e. The number of urea groups is 1. The van der Waals surface area contributed by atoms with Crippen molar-refractivity contribution in [3.05, 3.63) is 54.1 Å². The zero-order chi connectivity index (χ0) is 13.8. The number of halogens is 2. The number of nitrogens with two attached hydrogens (primary N) is 1. The molecule has 0 heterocycles. The molecule has 6 heteroatoms. The first-order valence-corrected chi connectivity index (χ1v) is 5.43. The van der Waals surface area contributed by atoms with Gasteiger partial charge in [0.05, 0.1) is 5.69 Å². The third-order valence-corrected chi connectivity index (χ3v) is 2.34. The fourth-order valence-electron chi connectivity index (χ4n) is 1.46. The van der Waals surface area contributed by atoms with Gasteiger partial charge in [0.15, 0.2) is 0 Å². The standard InChI is InChI=1S/C13H11F2N3O/c14-8-1-4-10(5-2-8)17-13(19)18-12-7-9(16)3-6-11(12)15/h1-7H,16H2,(H2,17,18,19). The average molecular weight is 263 g/mol. The van der Waals surface area contributed by atoms with Gasteiger partial charge in [-0.1, -0.05) is 0 Å². The molecule has 2 rings (SSSR count). The van der Waals surface area contributed by atoms with Crippen LogP contribution in [0.2, 0.25) is 0 Å². The van der Waals surface area contributed by atoms with Crippen molar-refractivity contribution < 1.29 is 13.6 Å². The van der Waals surface area contributed by atoms with Crippen LogP contribution >= 0.6 is 0 Å². The Balaban J connectivity index is 2.05. The van der Waals surface area contributed by atoms with Gasteiger partial charge in [-0.05, 0) is 42.5 Å². The SMILES string of the molecule is Nc1ccc(F)c(NC(=O)Nc2ccc(F)cc2)c1. The molecule has 2 aromatic rings. The lowest BCUT2D eigenvalue weighted by atomic mass is 10.2. The summed E-state index contributed by atoms with van der Waals surface area (Å²) < 4.78 is 26.1. The predicted octanol–water partition coefficient (Wildman–Crippen LogP) is 3.19. The summed E-state index contributed by atoms with van der Waals surface area (Å²) >= 11 is 0. The number of hydrogen-bond donors (Lipinski definition) is 3. The molecule has 0 bridgehead atoms. The van der Waals surface area contributed by atoms with Gasteiger partial charge in [-0.25, -0.2) is 13.6 Å². The summed E-state index contributed by atoms with van der Waals surface area (Å²) in [5.41, 5.74) is 6.19. The smallest absolute Gasteiger partial charge is 0.323 e. The topological polar surface area (TPSA) is 67.1 Å². The Morgan fingerprint density at radius 3 is 2.37 bits per heavy atom. The molecular weight excluding hydrogens is 252 g/mol. The molecule has 0 radical (unpaired) electrons. The number of carbonyl (C=O) groups is 1. The highest BCUT2D eigenvalue weighted by Crippen LogP contribution is 2.18. The Morgan fingerprint density at radius 2 is 1.68 bits per heavy atom. The van der Waals surface area contributed by atoms with E-state index in [1.165, 1.54) is 36.4 Å². The van der Waals surface area contributed by atoms with E-state index >= 15 is 0 Å². The lowest BCUT2D eigenvalue weighted by molar-refractivity contribution is 0.262. The maximum atomic E-state index is 13.4. The maximum Gasteiger partial charge on any atom is 0.323 e. The summed E-state index contributed by atoms with van der Waals surface area (Å²) in [7, 11) is 0. The van der Waals surface area contributed by atoms with Gasteiger partial charge < -0.3 is 16.4 Å². The number of rotatable bonds is 2. The minimum Gasteiger partial charge on any atom is -0.399 e. The van der Waals surface area contributed by atoms with Gasteiger partial charge in [0.25, 0.3) is 0 Å². The first kappa shape index (κ1) is 12.8. The number of amides is 2. The van der Waals surface area contributed by atoms with Crippen LogP contribution in [0.4, 0.5) is 30.6 Å². The summed E-state index contributed by atoms with van der Waals surface area (Å²) in [6.45, 7) is 0. The quantitative estimate of drug-likeness (QED) is 0.728. The van der Waals surface area contributed by atoms with E-state index in [0.29, 0.717) is 11.4 Å². The van der Waals surface area contributed by atoms with Crippen LogP contribution in [0.1, 0.15) is 0 Å². The minimum absolute atomic E-state index is 0.0281. The maximum absolute atomic E-state index is 13.4. The summed E-state index contributed by atoms with van der Waals surface area (Å²) in [4.78, 5) is 11.6. The Hall–Kier alpha value is -2.63. The molecule has 0 aliphatic carbocycles. The van der Waals surface area contributed by atoms with E-state index in [1.54, 1.807) is 0 Å². The molecular formula is C13H11F2N3O. The number of carbonyl (C=O) groups excluding carboxylic acids is 1. The summed E-state index contributed by atoms with van der Waals surface area (Å²) in [5, 5.41) is 4.76. The lowest BCUT2D eigenvalue weighted by Crippen LogP contribution is -2.20. The molecule has 4 nitrogen and oxygen atoms in total. The number of hydrogen-bond acceptors (Lipinski definition) is 2. The van der Waals surface area contributed by atoms with Crippen molar-refractivity contribution in [3.63, 3.8) is 0 Å². The summed E-state index contributed by atoms with van der Waals surface area (Å²) in [5.74, 6) is -1.00. The first-order chi connectivity index (χ1) is 9.04. The average Bonchev–Trinajstić information content (AvgIpc) is 2.37. The third kappa shape index (κ3) is 3.41. The highest BCUT2D eigenvalue weighted by Gasteiger charge is 2.07. The van der Waals surface area contributed by atoms with E-state index in [9.17, 15) is 13.6 Å². The van der Waals surface area contributed by atoms with Crippen LogP contribution in [0, 0.1) is 11.6 Å². The second-order valence-electron chi connectivity index (χ2n) is 3.83. The van der Waals surface area contributed by atoms with E-state index in [4.69, 9.17) is 5.73 Å². The Morgan fingerprint density at radius 1 is 1.00 bits per heavy atom. The normalized spacial score (nSPS) is 10.0. The molecule has 0 spiro atoms. The van der Waals surface area contributed by atoms with Gasteiger partial charge in [-0.15, -0.1) is 0 Å². The van der Waals surface area contributed by atoms with Crippen molar-refractivity contribution in [1.29, 1.82) is 0 Å².